The molecular formula is C63H53N3O4. The quantitative estimate of drug-likeness (QED) is 0.109. The maximum absolute atomic E-state index is 15.0. The Labute approximate surface area is 408 Å². The van der Waals surface area contributed by atoms with Gasteiger partial charge in [0.1, 0.15) is 0 Å². The number of aryl methyl sites for hydroxylation is 1. The van der Waals surface area contributed by atoms with Crippen LogP contribution in [0.4, 0.5) is 5.69 Å². The molecule has 4 aliphatic carbocycles. The van der Waals surface area contributed by atoms with Crippen LogP contribution in [-0.2, 0) is 56.4 Å². The van der Waals surface area contributed by atoms with Gasteiger partial charge in [-0.25, -0.2) is 0 Å². The number of allylic oxidation sites excluding steroid dienone is 4. The number of fused-ring (bicyclic) bond motifs is 1. The number of ether oxygens (including phenoxy) is 2. The molecule has 7 heteroatoms. The molecule has 344 valence electrons. The van der Waals surface area contributed by atoms with Gasteiger partial charge in [-0.3, -0.25) is 14.6 Å². The molecule has 0 N–H and O–H groups in total. The van der Waals surface area contributed by atoms with E-state index >= 15 is 0 Å². The smallest absolute Gasteiger partial charge is 0.260 e. The second-order valence-corrected chi connectivity index (χ2v) is 19.0. The Bertz CT molecular complexity index is 3580. The minimum atomic E-state index is -0.104. The molecule has 0 fully saturated rings. The van der Waals surface area contributed by atoms with E-state index in [-0.39, 0.29) is 11.8 Å². The topological polar surface area (TPSA) is 72.0 Å². The summed E-state index contributed by atoms with van der Waals surface area (Å²) in [6.45, 7) is 1.45. The van der Waals surface area contributed by atoms with Crippen LogP contribution in [0.15, 0.2) is 140 Å². The number of aromatic nitrogens is 1. The highest BCUT2D eigenvalue weighted by molar-refractivity contribution is 6.08. The van der Waals surface area contributed by atoms with Crippen LogP contribution in [0, 0.1) is 0 Å². The number of carbonyl (C=O) groups is 2. The molecule has 1 heterocycles. The number of nitrogens with zero attached hydrogens (tertiary/aromatic N) is 3. The fourth-order valence-electron chi connectivity index (χ4n) is 11.4. The molecule has 0 saturated carbocycles. The Balaban J connectivity index is 0.864. The van der Waals surface area contributed by atoms with Gasteiger partial charge in [0.05, 0.1) is 31.8 Å². The van der Waals surface area contributed by atoms with Gasteiger partial charge in [0.2, 0.25) is 5.91 Å². The van der Waals surface area contributed by atoms with E-state index < -0.39 is 0 Å². The lowest BCUT2D eigenvalue weighted by Crippen LogP contribution is -2.33. The first-order valence-electron chi connectivity index (χ1n) is 24.5. The van der Waals surface area contributed by atoms with Gasteiger partial charge in [0, 0.05) is 36.8 Å². The summed E-state index contributed by atoms with van der Waals surface area (Å²) in [4.78, 5) is 38.2. The van der Waals surface area contributed by atoms with Crippen LogP contribution >= 0.6 is 0 Å². The number of benzene rings is 7. The van der Waals surface area contributed by atoms with Crippen molar-refractivity contribution in [2.45, 2.75) is 58.0 Å². The molecule has 0 bridgehead atoms. The van der Waals surface area contributed by atoms with Crippen molar-refractivity contribution in [1.82, 2.24) is 9.88 Å². The maximum atomic E-state index is 15.0. The molecule has 1 aromatic heterocycles. The third-order valence-corrected chi connectivity index (χ3v) is 14.9. The minimum absolute atomic E-state index is 0.0994. The van der Waals surface area contributed by atoms with Gasteiger partial charge in [-0.05, 0) is 175 Å². The van der Waals surface area contributed by atoms with E-state index in [0.29, 0.717) is 56.0 Å². The third kappa shape index (κ3) is 7.85. The Kier molecular flexibility index (Phi) is 11.2. The Morgan fingerprint density at radius 2 is 1.19 bits per heavy atom. The molecule has 8 aromatic rings. The average Bonchev–Trinajstić information content (AvgIpc) is 3.41. The SMILES string of the molecule is COc1ccc(CCC(=O)N(CCc2ccc(N(Cc3cc4c5c(ccc6c5c3CC=C6)CC=C4)C(=O)c3cnc4ccccc4c3)cc2)Cc2cc3c4c(ccc5c4c2CC=C5)CC=C3)cc1OC. The van der Waals surface area contributed by atoms with Crippen LogP contribution < -0.4 is 14.4 Å². The first kappa shape index (κ1) is 43.3. The van der Waals surface area contributed by atoms with Crippen molar-refractivity contribution in [3.8, 4) is 11.5 Å². The van der Waals surface area contributed by atoms with Gasteiger partial charge in [-0.1, -0.05) is 109 Å². The van der Waals surface area contributed by atoms with Crippen LogP contribution in [0.2, 0.25) is 0 Å². The summed E-state index contributed by atoms with van der Waals surface area (Å²) < 4.78 is 11.1. The molecule has 0 unspecified atom stereocenters. The number of methoxy groups -OCH3 is 2. The second kappa shape index (κ2) is 18.1. The molecule has 12 rings (SSSR count). The summed E-state index contributed by atoms with van der Waals surface area (Å²) in [5.41, 5.74) is 16.9. The molecule has 4 aliphatic rings. The summed E-state index contributed by atoms with van der Waals surface area (Å²) in [6.07, 6.45) is 24.8. The highest BCUT2D eigenvalue weighted by Crippen LogP contribution is 2.41. The number of hydrogen-bond acceptors (Lipinski definition) is 5. The first-order valence-corrected chi connectivity index (χ1v) is 24.5. The van der Waals surface area contributed by atoms with E-state index in [4.69, 9.17) is 14.5 Å². The van der Waals surface area contributed by atoms with E-state index in [1.54, 1.807) is 20.4 Å². The van der Waals surface area contributed by atoms with E-state index in [1.165, 1.54) is 71.6 Å². The van der Waals surface area contributed by atoms with Gasteiger partial charge < -0.3 is 19.3 Å². The van der Waals surface area contributed by atoms with Crippen molar-refractivity contribution in [1.29, 1.82) is 0 Å². The summed E-state index contributed by atoms with van der Waals surface area (Å²) in [7, 11) is 3.27. The van der Waals surface area contributed by atoms with Crippen LogP contribution in [0.5, 0.6) is 11.5 Å². The minimum Gasteiger partial charge on any atom is -0.493 e. The monoisotopic (exact) mass is 915 g/mol. The van der Waals surface area contributed by atoms with Crippen LogP contribution in [0.25, 0.3) is 56.8 Å². The number of hydrogen-bond donors (Lipinski definition) is 0. The summed E-state index contributed by atoms with van der Waals surface area (Å²) >= 11 is 0. The van der Waals surface area contributed by atoms with E-state index in [2.05, 4.69) is 114 Å². The van der Waals surface area contributed by atoms with E-state index in [9.17, 15) is 9.59 Å². The molecule has 70 heavy (non-hydrogen) atoms. The van der Waals surface area contributed by atoms with Crippen molar-refractivity contribution < 1.29 is 19.1 Å². The number of para-hydroxylation sites is 1. The molecule has 7 aromatic carbocycles. The van der Waals surface area contributed by atoms with Crippen molar-refractivity contribution in [2.24, 2.45) is 0 Å². The van der Waals surface area contributed by atoms with Gasteiger partial charge in [-0.2, -0.15) is 0 Å². The highest BCUT2D eigenvalue weighted by Gasteiger charge is 2.26. The molecule has 0 atom stereocenters. The van der Waals surface area contributed by atoms with Crippen LogP contribution in [0.1, 0.15) is 83.5 Å². The molecule has 2 amide bonds. The molecule has 0 aliphatic heterocycles. The summed E-state index contributed by atoms with van der Waals surface area (Å²) in [6, 6.07) is 37.8. The lowest BCUT2D eigenvalue weighted by Gasteiger charge is -2.28. The van der Waals surface area contributed by atoms with Crippen LogP contribution in [-0.4, -0.2) is 42.5 Å². The number of anilines is 1. The number of pyridine rings is 1. The highest BCUT2D eigenvalue weighted by atomic mass is 16.5. The zero-order chi connectivity index (χ0) is 47.3. The van der Waals surface area contributed by atoms with Gasteiger partial charge in [-0.15, -0.1) is 0 Å². The lowest BCUT2D eigenvalue weighted by molar-refractivity contribution is -0.131. The van der Waals surface area contributed by atoms with Gasteiger partial charge >= 0.3 is 0 Å². The zero-order valence-electron chi connectivity index (χ0n) is 39.6. The molecule has 7 nitrogen and oxygen atoms in total. The summed E-state index contributed by atoms with van der Waals surface area (Å²) in [5, 5.41) is 6.24. The largest absolute Gasteiger partial charge is 0.493 e. The van der Waals surface area contributed by atoms with E-state index in [0.717, 1.165) is 59.0 Å². The van der Waals surface area contributed by atoms with Crippen LogP contribution in [0.3, 0.4) is 0 Å². The fraction of sp³-hybridized carbons (Fsp3) is 0.190. The fourth-order valence-corrected chi connectivity index (χ4v) is 11.4. The van der Waals surface area contributed by atoms with Crippen molar-refractivity contribution >= 4 is 74.3 Å². The zero-order valence-corrected chi connectivity index (χ0v) is 39.6. The normalized spacial score (nSPS) is 13.6. The standard InChI is InChI=1S/C63H53N3O4/c1-69-56-29-21-41(33-57(56)70-2)22-30-58(67)65(38-50-35-47-14-5-10-42-23-25-44-12-7-16-53(50)61(44)59(42)47)32-31-40-19-27-52(28-20-40)66(63(68)49-34-46-9-3-4-18-55(46)64-37-49)39-51-36-48-15-6-11-43-24-26-45-13-8-17-54(51)62(45)60(43)48/h3-9,12-15,18-21,23-29,33-37H,10-11,16-17,22,30-32,38-39H2,1-2H3. The average molecular weight is 916 g/mol. The first-order chi connectivity index (χ1) is 34.4. The van der Waals surface area contributed by atoms with Gasteiger partial charge in [0.25, 0.3) is 5.91 Å². The third-order valence-electron chi connectivity index (χ3n) is 14.9. The Morgan fingerprint density at radius 1 is 0.571 bits per heavy atom. The Hall–Kier alpha value is -8.03. The molecule has 0 radical (unpaired) electrons. The summed E-state index contributed by atoms with van der Waals surface area (Å²) in [5.74, 6) is 1.31. The Morgan fingerprint density at radius 3 is 1.86 bits per heavy atom. The number of amides is 2. The molecular weight excluding hydrogens is 863 g/mol. The molecule has 0 saturated heterocycles. The van der Waals surface area contributed by atoms with E-state index in [1.807, 2.05) is 53.4 Å². The molecule has 0 spiro atoms. The van der Waals surface area contributed by atoms with Crippen molar-refractivity contribution in [3.05, 3.63) is 212 Å². The van der Waals surface area contributed by atoms with Crippen molar-refractivity contribution in [3.63, 3.8) is 0 Å². The number of carbonyl (C=O) groups excluding carboxylic acids is 2. The maximum Gasteiger partial charge on any atom is 0.260 e. The predicted molar refractivity (Wildman–Crippen MR) is 285 cm³/mol. The number of rotatable bonds is 14. The van der Waals surface area contributed by atoms with Gasteiger partial charge in [0.15, 0.2) is 11.5 Å². The van der Waals surface area contributed by atoms with Crippen molar-refractivity contribution in [2.75, 3.05) is 25.7 Å². The second-order valence-electron chi connectivity index (χ2n) is 19.0. The lowest BCUT2D eigenvalue weighted by atomic mass is 9.82. The predicted octanol–water partition coefficient (Wildman–Crippen LogP) is 12.9.